The van der Waals surface area contributed by atoms with Crippen LogP contribution in [0.1, 0.15) is 40.0 Å². The summed E-state index contributed by atoms with van der Waals surface area (Å²) in [6.45, 7) is 1.46. The average molecular weight is 388 g/mol. The number of Topliss-reactive ketones (excluding diaryl/α,β-unsaturated/α-hetero) is 1. The largest absolute Gasteiger partial charge is 0.488 e. The number of rotatable bonds is 9. The van der Waals surface area contributed by atoms with Gasteiger partial charge in [0.25, 0.3) is 12.3 Å². The van der Waals surface area contributed by atoms with Gasteiger partial charge in [0.2, 0.25) is 0 Å². The number of carbonyl (C=O) groups excluding carboxylic acids is 2. The van der Waals surface area contributed by atoms with Crippen molar-refractivity contribution in [2.75, 3.05) is 6.61 Å². The van der Waals surface area contributed by atoms with Crippen molar-refractivity contribution in [3.8, 4) is 5.75 Å². The first-order valence-electron chi connectivity index (χ1n) is 9.18. The number of hydrogen-bond donors (Lipinski definition) is 1. The van der Waals surface area contributed by atoms with Crippen LogP contribution in [0.25, 0.3) is 0 Å². The standard InChI is InChI=1S/C21H22F2N2O3/c1-13-8-18(28-12-20(22)23)5-4-16(13)11-25-21(27)15-6-7-24-17(9-15)10-19(26)14-2-3-14/h4-9,14,20H,2-3,10-12H2,1H3,(H,25,27). The summed E-state index contributed by atoms with van der Waals surface area (Å²) in [5.74, 6) is 0.441. The molecular weight excluding hydrogens is 366 g/mol. The second-order valence-electron chi connectivity index (χ2n) is 6.93. The molecule has 1 aromatic heterocycles. The average Bonchev–Trinajstić information content (AvgIpc) is 3.51. The van der Waals surface area contributed by atoms with Crippen LogP contribution in [0.3, 0.4) is 0 Å². The fraction of sp³-hybridized carbons (Fsp3) is 0.381. The third-order valence-corrected chi connectivity index (χ3v) is 4.60. The number of aromatic nitrogens is 1. The number of aryl methyl sites for hydroxylation is 1. The number of pyridine rings is 1. The monoisotopic (exact) mass is 388 g/mol. The second-order valence-corrected chi connectivity index (χ2v) is 6.93. The van der Waals surface area contributed by atoms with Crippen LogP contribution in [0.15, 0.2) is 36.5 Å². The molecule has 1 heterocycles. The maximum absolute atomic E-state index is 12.4. The Morgan fingerprint density at radius 3 is 2.71 bits per heavy atom. The zero-order valence-electron chi connectivity index (χ0n) is 15.6. The van der Waals surface area contributed by atoms with E-state index < -0.39 is 13.0 Å². The van der Waals surface area contributed by atoms with Gasteiger partial charge in [0.05, 0.1) is 0 Å². The molecule has 1 aliphatic carbocycles. The number of nitrogens with one attached hydrogen (secondary N) is 1. The molecule has 0 aliphatic heterocycles. The SMILES string of the molecule is Cc1cc(OCC(F)F)ccc1CNC(=O)c1ccnc(CC(=O)C2CC2)c1. The molecule has 1 aromatic carbocycles. The minimum absolute atomic E-state index is 0.162. The van der Waals surface area contributed by atoms with Gasteiger partial charge >= 0.3 is 0 Å². The summed E-state index contributed by atoms with van der Waals surface area (Å²) in [5, 5.41) is 2.83. The zero-order valence-corrected chi connectivity index (χ0v) is 15.6. The van der Waals surface area contributed by atoms with Gasteiger partial charge in [0, 0.05) is 36.3 Å². The zero-order chi connectivity index (χ0) is 20.1. The number of carbonyl (C=O) groups is 2. The van der Waals surface area contributed by atoms with Crippen molar-refractivity contribution in [1.82, 2.24) is 10.3 Å². The Hall–Kier alpha value is -2.83. The number of ether oxygens (including phenoxy) is 1. The molecule has 0 spiro atoms. The van der Waals surface area contributed by atoms with Crippen LogP contribution in [0.5, 0.6) is 5.75 Å². The highest BCUT2D eigenvalue weighted by Gasteiger charge is 2.29. The predicted molar refractivity (Wildman–Crippen MR) is 99.5 cm³/mol. The van der Waals surface area contributed by atoms with E-state index in [9.17, 15) is 18.4 Å². The normalized spacial score (nSPS) is 13.4. The van der Waals surface area contributed by atoms with Crippen LogP contribution in [-0.4, -0.2) is 29.7 Å². The fourth-order valence-corrected chi connectivity index (χ4v) is 2.84. The number of hydrogen-bond acceptors (Lipinski definition) is 4. The summed E-state index contributed by atoms with van der Waals surface area (Å²) in [4.78, 5) is 28.5. The van der Waals surface area contributed by atoms with E-state index in [1.807, 2.05) is 6.92 Å². The number of amides is 1. The highest BCUT2D eigenvalue weighted by Crippen LogP contribution is 2.30. The van der Waals surface area contributed by atoms with Crippen molar-refractivity contribution >= 4 is 11.7 Å². The number of nitrogens with zero attached hydrogens (tertiary/aromatic N) is 1. The van der Waals surface area contributed by atoms with Crippen molar-refractivity contribution in [1.29, 1.82) is 0 Å². The van der Waals surface area contributed by atoms with E-state index in [0.717, 1.165) is 24.0 Å². The van der Waals surface area contributed by atoms with Crippen LogP contribution in [0, 0.1) is 12.8 Å². The molecule has 1 aliphatic rings. The highest BCUT2D eigenvalue weighted by molar-refractivity contribution is 5.94. The number of ketones is 1. The fourth-order valence-electron chi connectivity index (χ4n) is 2.84. The quantitative estimate of drug-likeness (QED) is 0.714. The van der Waals surface area contributed by atoms with Gasteiger partial charge in [-0.2, -0.15) is 0 Å². The lowest BCUT2D eigenvalue weighted by Gasteiger charge is -2.11. The Morgan fingerprint density at radius 2 is 2.04 bits per heavy atom. The number of benzene rings is 1. The topological polar surface area (TPSA) is 68.3 Å². The van der Waals surface area contributed by atoms with Gasteiger partial charge in [-0.05, 0) is 55.2 Å². The van der Waals surface area contributed by atoms with Crippen LogP contribution in [0.2, 0.25) is 0 Å². The summed E-state index contributed by atoms with van der Waals surface area (Å²) in [6, 6.07) is 8.25. The lowest BCUT2D eigenvalue weighted by atomic mass is 10.1. The Bertz CT molecular complexity index is 866. The molecule has 3 rings (SSSR count). The summed E-state index contributed by atoms with van der Waals surface area (Å²) >= 11 is 0. The Balaban J connectivity index is 1.57. The van der Waals surface area contributed by atoms with E-state index in [1.165, 1.54) is 6.20 Å². The molecule has 0 unspecified atom stereocenters. The first kappa shape index (κ1) is 19.9. The molecule has 7 heteroatoms. The van der Waals surface area contributed by atoms with Crippen molar-refractivity contribution < 1.29 is 23.1 Å². The first-order chi connectivity index (χ1) is 13.4. The molecule has 2 aromatic rings. The van der Waals surface area contributed by atoms with Gasteiger partial charge in [-0.1, -0.05) is 6.07 Å². The summed E-state index contributed by atoms with van der Waals surface area (Å²) in [7, 11) is 0. The van der Waals surface area contributed by atoms with E-state index >= 15 is 0 Å². The molecule has 1 N–H and O–H groups in total. The predicted octanol–water partition coefficient (Wildman–Crippen LogP) is 3.49. The summed E-state index contributed by atoms with van der Waals surface area (Å²) in [5.41, 5.74) is 2.73. The van der Waals surface area contributed by atoms with Crippen molar-refractivity contribution in [3.05, 3.63) is 58.9 Å². The molecule has 5 nitrogen and oxygen atoms in total. The maximum atomic E-state index is 12.4. The van der Waals surface area contributed by atoms with E-state index in [2.05, 4.69) is 10.3 Å². The first-order valence-corrected chi connectivity index (χ1v) is 9.18. The van der Waals surface area contributed by atoms with Gasteiger partial charge < -0.3 is 10.1 Å². The molecule has 0 radical (unpaired) electrons. The van der Waals surface area contributed by atoms with Gasteiger partial charge in [-0.25, -0.2) is 8.78 Å². The molecule has 0 atom stereocenters. The minimum atomic E-state index is -2.52. The molecule has 1 saturated carbocycles. The van der Waals surface area contributed by atoms with E-state index in [0.29, 0.717) is 23.6 Å². The van der Waals surface area contributed by atoms with Crippen molar-refractivity contribution in [3.63, 3.8) is 0 Å². The molecular formula is C21H22F2N2O3. The van der Waals surface area contributed by atoms with Gasteiger partial charge in [0.1, 0.15) is 18.1 Å². The van der Waals surface area contributed by atoms with Crippen LogP contribution < -0.4 is 10.1 Å². The van der Waals surface area contributed by atoms with Gasteiger partial charge in [0.15, 0.2) is 0 Å². The Labute approximate surface area is 162 Å². The summed E-state index contributed by atoms with van der Waals surface area (Å²) in [6.07, 6.45) is 1.16. The van der Waals surface area contributed by atoms with Crippen LogP contribution in [0.4, 0.5) is 8.78 Å². The Morgan fingerprint density at radius 1 is 1.25 bits per heavy atom. The Kier molecular flexibility index (Phi) is 6.34. The lowest BCUT2D eigenvalue weighted by Crippen LogP contribution is -2.23. The second kappa shape index (κ2) is 8.91. The van der Waals surface area contributed by atoms with E-state index in [1.54, 1.807) is 30.3 Å². The third-order valence-electron chi connectivity index (χ3n) is 4.60. The van der Waals surface area contributed by atoms with Crippen LogP contribution in [-0.2, 0) is 17.8 Å². The van der Waals surface area contributed by atoms with Crippen LogP contribution >= 0.6 is 0 Å². The van der Waals surface area contributed by atoms with Crippen molar-refractivity contribution in [2.24, 2.45) is 5.92 Å². The number of halogens is 2. The minimum Gasteiger partial charge on any atom is -0.488 e. The molecule has 148 valence electrons. The maximum Gasteiger partial charge on any atom is 0.272 e. The lowest BCUT2D eigenvalue weighted by molar-refractivity contribution is -0.119. The smallest absolute Gasteiger partial charge is 0.272 e. The van der Waals surface area contributed by atoms with Crippen molar-refractivity contribution in [2.45, 2.75) is 39.2 Å². The third kappa shape index (κ3) is 5.58. The molecule has 0 bridgehead atoms. The molecule has 28 heavy (non-hydrogen) atoms. The molecule has 0 saturated heterocycles. The number of alkyl halides is 2. The molecule has 1 amide bonds. The highest BCUT2D eigenvalue weighted by atomic mass is 19.3. The van der Waals surface area contributed by atoms with E-state index in [-0.39, 0.29) is 24.0 Å². The summed E-state index contributed by atoms with van der Waals surface area (Å²) < 4.78 is 29.4. The molecule has 1 fully saturated rings. The van der Waals surface area contributed by atoms with Gasteiger partial charge in [-0.15, -0.1) is 0 Å². The van der Waals surface area contributed by atoms with Gasteiger partial charge in [-0.3, -0.25) is 14.6 Å². The van der Waals surface area contributed by atoms with E-state index in [4.69, 9.17) is 4.74 Å².